The van der Waals surface area contributed by atoms with Gasteiger partial charge in [0.2, 0.25) is 0 Å². The van der Waals surface area contributed by atoms with Crippen molar-refractivity contribution in [2.45, 2.75) is 13.5 Å². The molecule has 0 unspecified atom stereocenters. The molecule has 0 spiro atoms. The first-order chi connectivity index (χ1) is 16.0. The van der Waals surface area contributed by atoms with Crippen molar-refractivity contribution in [1.82, 2.24) is 9.88 Å². The third kappa shape index (κ3) is 4.57. The number of anilines is 1. The van der Waals surface area contributed by atoms with Crippen LogP contribution in [0, 0.1) is 10.1 Å². The van der Waals surface area contributed by atoms with Crippen molar-refractivity contribution in [2.75, 3.05) is 11.9 Å². The van der Waals surface area contributed by atoms with E-state index in [1.165, 1.54) is 24.3 Å². The van der Waals surface area contributed by atoms with Crippen LogP contribution in [0.15, 0.2) is 78.6 Å². The number of nitro groups is 1. The van der Waals surface area contributed by atoms with Gasteiger partial charge in [-0.1, -0.05) is 12.1 Å². The van der Waals surface area contributed by atoms with Crippen LogP contribution in [0.5, 0.6) is 5.75 Å². The number of non-ortho nitro benzene ring substituents is 1. The predicted octanol–water partition coefficient (Wildman–Crippen LogP) is 3.78. The fourth-order valence-electron chi connectivity index (χ4n) is 3.48. The fourth-order valence-corrected chi connectivity index (χ4v) is 3.48. The number of ether oxygens (including phenoxy) is 1. The molecular weight excluding hydrogens is 424 g/mol. The zero-order valence-electron chi connectivity index (χ0n) is 17.7. The number of amides is 2. The zero-order chi connectivity index (χ0) is 23.4. The minimum atomic E-state index is -0.522. The van der Waals surface area contributed by atoms with Gasteiger partial charge in [-0.15, -0.1) is 0 Å². The van der Waals surface area contributed by atoms with E-state index in [1.54, 1.807) is 48.7 Å². The summed E-state index contributed by atoms with van der Waals surface area (Å²) in [6.45, 7) is 2.35. The number of aromatic nitrogens is 1. The van der Waals surface area contributed by atoms with Crippen LogP contribution < -0.4 is 10.1 Å². The maximum Gasteiger partial charge on any atom is 0.278 e. The smallest absolute Gasteiger partial charge is 0.278 e. The van der Waals surface area contributed by atoms with Crippen LogP contribution in [-0.4, -0.2) is 33.2 Å². The number of benzene rings is 2. The van der Waals surface area contributed by atoms with Gasteiger partial charge in [0.15, 0.2) is 0 Å². The molecule has 9 nitrogen and oxygen atoms in total. The standard InChI is InChI=1S/C24H20N4O5/c1-2-33-20-8-5-7-17(14-20)26-22-21(16-9-11-19(12-10-16)28(31)32)23(29)27(24(22)30)15-18-6-3-4-13-25-18/h3-14,26H,2,15H2,1H3. The molecule has 0 radical (unpaired) electrons. The number of hydrogen-bond donors (Lipinski definition) is 1. The Hall–Kier alpha value is -4.53. The molecule has 1 aromatic heterocycles. The number of rotatable bonds is 8. The summed E-state index contributed by atoms with van der Waals surface area (Å²) in [5.74, 6) is -0.411. The van der Waals surface area contributed by atoms with Crippen LogP contribution in [-0.2, 0) is 16.1 Å². The summed E-state index contributed by atoms with van der Waals surface area (Å²) in [6, 6.07) is 17.8. The summed E-state index contributed by atoms with van der Waals surface area (Å²) in [6.07, 6.45) is 1.59. The summed E-state index contributed by atoms with van der Waals surface area (Å²) in [5, 5.41) is 14.1. The van der Waals surface area contributed by atoms with Gasteiger partial charge < -0.3 is 10.1 Å². The number of nitrogens with zero attached hydrogens (tertiary/aromatic N) is 3. The molecule has 0 atom stereocenters. The first-order valence-corrected chi connectivity index (χ1v) is 10.2. The summed E-state index contributed by atoms with van der Waals surface area (Å²) in [4.78, 5) is 42.5. The van der Waals surface area contributed by atoms with Crippen molar-refractivity contribution in [1.29, 1.82) is 0 Å². The molecule has 0 bridgehead atoms. The SMILES string of the molecule is CCOc1cccc(NC2=C(c3ccc([N+](=O)[O-])cc3)C(=O)N(Cc3ccccn3)C2=O)c1. The molecule has 1 aliphatic heterocycles. The molecule has 33 heavy (non-hydrogen) atoms. The van der Waals surface area contributed by atoms with Crippen LogP contribution in [0.2, 0.25) is 0 Å². The van der Waals surface area contributed by atoms with Crippen LogP contribution in [0.1, 0.15) is 18.2 Å². The highest BCUT2D eigenvalue weighted by atomic mass is 16.6. The largest absolute Gasteiger partial charge is 0.494 e. The Bertz CT molecular complexity index is 1240. The highest BCUT2D eigenvalue weighted by Crippen LogP contribution is 2.32. The number of carbonyl (C=O) groups excluding carboxylic acids is 2. The maximum absolute atomic E-state index is 13.3. The van der Waals surface area contributed by atoms with Crippen molar-refractivity contribution in [2.24, 2.45) is 0 Å². The third-order valence-electron chi connectivity index (χ3n) is 5.00. The molecule has 3 aromatic rings. The van der Waals surface area contributed by atoms with E-state index in [2.05, 4.69) is 10.3 Å². The topological polar surface area (TPSA) is 115 Å². The van der Waals surface area contributed by atoms with Crippen LogP contribution in [0.25, 0.3) is 5.57 Å². The monoisotopic (exact) mass is 444 g/mol. The number of pyridine rings is 1. The van der Waals surface area contributed by atoms with E-state index in [0.29, 0.717) is 29.3 Å². The molecule has 1 aliphatic rings. The maximum atomic E-state index is 13.3. The molecule has 0 saturated carbocycles. The summed E-state index contributed by atoms with van der Waals surface area (Å²) in [5.41, 5.74) is 1.62. The fraction of sp³-hybridized carbons (Fsp3) is 0.125. The number of hydrogen-bond acceptors (Lipinski definition) is 7. The molecule has 0 saturated heterocycles. The van der Waals surface area contributed by atoms with Gasteiger partial charge in [0.1, 0.15) is 11.4 Å². The molecule has 166 valence electrons. The lowest BCUT2D eigenvalue weighted by molar-refractivity contribution is -0.384. The van der Waals surface area contributed by atoms with Crippen molar-refractivity contribution in [3.8, 4) is 5.75 Å². The molecule has 2 heterocycles. The minimum Gasteiger partial charge on any atom is -0.494 e. The Morgan fingerprint density at radius 3 is 2.48 bits per heavy atom. The quantitative estimate of drug-likeness (QED) is 0.319. The van der Waals surface area contributed by atoms with Gasteiger partial charge in [-0.2, -0.15) is 0 Å². The van der Waals surface area contributed by atoms with Gasteiger partial charge in [-0.3, -0.25) is 29.6 Å². The van der Waals surface area contributed by atoms with E-state index < -0.39 is 16.7 Å². The number of nitro benzene ring substituents is 1. The van der Waals surface area contributed by atoms with Crippen molar-refractivity contribution in [3.05, 3.63) is 100.0 Å². The Labute approximate surface area is 189 Å². The first kappa shape index (κ1) is 21.7. The van der Waals surface area contributed by atoms with E-state index in [4.69, 9.17) is 4.74 Å². The van der Waals surface area contributed by atoms with E-state index in [0.717, 1.165) is 4.90 Å². The predicted molar refractivity (Wildman–Crippen MR) is 121 cm³/mol. The second kappa shape index (κ2) is 9.31. The lowest BCUT2D eigenvalue weighted by Gasteiger charge is -2.15. The molecule has 0 aliphatic carbocycles. The van der Waals surface area contributed by atoms with E-state index in [9.17, 15) is 19.7 Å². The van der Waals surface area contributed by atoms with Gasteiger partial charge in [-0.25, -0.2) is 0 Å². The number of nitrogens with one attached hydrogen (secondary N) is 1. The van der Waals surface area contributed by atoms with E-state index >= 15 is 0 Å². The highest BCUT2D eigenvalue weighted by Gasteiger charge is 2.39. The Morgan fingerprint density at radius 1 is 1.03 bits per heavy atom. The average Bonchev–Trinajstić information content (AvgIpc) is 3.04. The highest BCUT2D eigenvalue weighted by molar-refractivity contribution is 6.36. The molecule has 1 N–H and O–H groups in total. The summed E-state index contributed by atoms with van der Waals surface area (Å²) < 4.78 is 5.52. The van der Waals surface area contributed by atoms with Gasteiger partial charge in [0, 0.05) is 30.1 Å². The molecule has 2 amide bonds. The van der Waals surface area contributed by atoms with Crippen LogP contribution >= 0.6 is 0 Å². The molecular formula is C24H20N4O5. The average molecular weight is 444 g/mol. The van der Waals surface area contributed by atoms with Gasteiger partial charge >= 0.3 is 0 Å². The lowest BCUT2D eigenvalue weighted by atomic mass is 10.0. The second-order valence-corrected chi connectivity index (χ2v) is 7.16. The Morgan fingerprint density at radius 2 is 1.82 bits per heavy atom. The normalized spacial score (nSPS) is 13.4. The van der Waals surface area contributed by atoms with Crippen molar-refractivity contribution in [3.63, 3.8) is 0 Å². The number of imide groups is 1. The van der Waals surface area contributed by atoms with Crippen molar-refractivity contribution >= 4 is 28.8 Å². The summed E-state index contributed by atoms with van der Waals surface area (Å²) in [7, 11) is 0. The van der Waals surface area contributed by atoms with E-state index in [-0.39, 0.29) is 23.5 Å². The molecule has 4 rings (SSSR count). The van der Waals surface area contributed by atoms with E-state index in [1.807, 2.05) is 6.92 Å². The van der Waals surface area contributed by atoms with Gasteiger partial charge in [0.25, 0.3) is 17.5 Å². The van der Waals surface area contributed by atoms with Crippen LogP contribution in [0.4, 0.5) is 11.4 Å². The van der Waals surface area contributed by atoms with Gasteiger partial charge in [-0.05, 0) is 48.9 Å². The Balaban J connectivity index is 1.73. The molecule has 9 heteroatoms. The lowest BCUT2D eigenvalue weighted by Crippen LogP contribution is -2.32. The van der Waals surface area contributed by atoms with Crippen molar-refractivity contribution < 1.29 is 19.2 Å². The van der Waals surface area contributed by atoms with Gasteiger partial charge in [0.05, 0.1) is 29.3 Å². The second-order valence-electron chi connectivity index (χ2n) is 7.16. The number of carbonyl (C=O) groups is 2. The first-order valence-electron chi connectivity index (χ1n) is 10.2. The minimum absolute atomic E-state index is 0.000840. The van der Waals surface area contributed by atoms with Crippen LogP contribution in [0.3, 0.4) is 0 Å². The zero-order valence-corrected chi connectivity index (χ0v) is 17.7. The molecule has 2 aromatic carbocycles. The molecule has 0 fully saturated rings. The third-order valence-corrected chi connectivity index (χ3v) is 5.00. The summed E-state index contributed by atoms with van der Waals surface area (Å²) >= 11 is 0. The Kier molecular flexibility index (Phi) is 6.12.